The number of halogens is 1. The number of carboxylic acid groups (broad SMARTS) is 1. The zero-order valence-corrected chi connectivity index (χ0v) is 11.1. The van der Waals surface area contributed by atoms with Crippen molar-refractivity contribution in [3.05, 3.63) is 23.0 Å². The van der Waals surface area contributed by atoms with Crippen LogP contribution in [0.3, 0.4) is 0 Å². The van der Waals surface area contributed by atoms with E-state index in [1.165, 1.54) is 6.20 Å². The standard InChI is InChI=1S/C12H14ClN3O3/c1-12(15-11(18)19)2-3-16(7-12)9-4-10(13)14-5-8(9)6-17/h4-6,15H,2-3,7H2,1H3,(H,18,19)/t12-/m0/s1. The van der Waals surface area contributed by atoms with Gasteiger partial charge in [-0.1, -0.05) is 11.6 Å². The second-order valence-corrected chi connectivity index (χ2v) is 5.23. The molecule has 1 aliphatic rings. The molecule has 6 nitrogen and oxygen atoms in total. The van der Waals surface area contributed by atoms with Crippen molar-refractivity contribution in [2.45, 2.75) is 18.9 Å². The number of aromatic nitrogens is 1. The molecule has 2 N–H and O–H groups in total. The third kappa shape index (κ3) is 2.96. The minimum atomic E-state index is -1.05. The largest absolute Gasteiger partial charge is 0.465 e. The van der Waals surface area contributed by atoms with E-state index in [1.807, 2.05) is 11.8 Å². The van der Waals surface area contributed by atoms with E-state index in [0.717, 1.165) is 6.29 Å². The molecule has 1 aliphatic heterocycles. The Morgan fingerprint density at radius 3 is 3.05 bits per heavy atom. The molecule has 2 rings (SSSR count). The van der Waals surface area contributed by atoms with Gasteiger partial charge in [0.15, 0.2) is 6.29 Å². The van der Waals surface area contributed by atoms with Gasteiger partial charge >= 0.3 is 6.09 Å². The van der Waals surface area contributed by atoms with E-state index in [4.69, 9.17) is 16.7 Å². The molecule has 1 saturated heterocycles. The van der Waals surface area contributed by atoms with Crippen molar-refractivity contribution in [3.63, 3.8) is 0 Å². The molecule has 1 aromatic heterocycles. The molecule has 7 heteroatoms. The number of hydrogen-bond acceptors (Lipinski definition) is 4. The fourth-order valence-corrected chi connectivity index (χ4v) is 2.47. The van der Waals surface area contributed by atoms with Gasteiger partial charge in [0, 0.05) is 19.3 Å². The molecule has 0 unspecified atom stereocenters. The predicted molar refractivity (Wildman–Crippen MR) is 71.0 cm³/mol. The van der Waals surface area contributed by atoms with Gasteiger partial charge in [-0.15, -0.1) is 0 Å². The zero-order chi connectivity index (χ0) is 14.0. The first-order chi connectivity index (χ1) is 8.93. The fourth-order valence-electron chi connectivity index (χ4n) is 2.32. The third-order valence-corrected chi connectivity index (χ3v) is 3.43. The molecule has 0 saturated carbocycles. The molecule has 1 aromatic rings. The highest BCUT2D eigenvalue weighted by Crippen LogP contribution is 2.29. The van der Waals surface area contributed by atoms with Crippen molar-refractivity contribution in [2.24, 2.45) is 0 Å². The van der Waals surface area contributed by atoms with Gasteiger partial charge < -0.3 is 15.3 Å². The highest BCUT2D eigenvalue weighted by atomic mass is 35.5. The lowest BCUT2D eigenvalue weighted by Crippen LogP contribution is -2.47. The molecule has 0 spiro atoms. The summed E-state index contributed by atoms with van der Waals surface area (Å²) in [6.07, 6.45) is 1.76. The summed E-state index contributed by atoms with van der Waals surface area (Å²) < 4.78 is 0. The summed E-state index contributed by atoms with van der Waals surface area (Å²) in [6, 6.07) is 1.62. The quantitative estimate of drug-likeness (QED) is 0.653. The summed E-state index contributed by atoms with van der Waals surface area (Å²) >= 11 is 5.84. The Morgan fingerprint density at radius 1 is 1.68 bits per heavy atom. The molecular formula is C12H14ClN3O3. The van der Waals surface area contributed by atoms with Gasteiger partial charge in [-0.05, 0) is 19.4 Å². The lowest BCUT2D eigenvalue weighted by Gasteiger charge is -2.26. The Morgan fingerprint density at radius 2 is 2.42 bits per heavy atom. The summed E-state index contributed by atoms with van der Waals surface area (Å²) in [5, 5.41) is 11.6. The van der Waals surface area contributed by atoms with Crippen molar-refractivity contribution in [1.82, 2.24) is 10.3 Å². The highest BCUT2D eigenvalue weighted by molar-refractivity contribution is 6.29. The molecule has 2 heterocycles. The van der Waals surface area contributed by atoms with Crippen LogP contribution in [0.1, 0.15) is 23.7 Å². The van der Waals surface area contributed by atoms with Crippen molar-refractivity contribution in [1.29, 1.82) is 0 Å². The molecule has 102 valence electrons. The summed E-state index contributed by atoms with van der Waals surface area (Å²) in [5.74, 6) is 0. The molecule has 1 atom stereocenters. The lowest BCUT2D eigenvalue weighted by atomic mass is 10.0. The van der Waals surface area contributed by atoms with E-state index in [-0.39, 0.29) is 0 Å². The molecule has 0 aromatic carbocycles. The second kappa shape index (κ2) is 5.05. The van der Waals surface area contributed by atoms with Crippen LogP contribution >= 0.6 is 11.6 Å². The number of anilines is 1. The van der Waals surface area contributed by atoms with Gasteiger partial charge in [-0.3, -0.25) is 4.79 Å². The lowest BCUT2D eigenvalue weighted by molar-refractivity contribution is 0.112. The van der Waals surface area contributed by atoms with Crippen LogP contribution in [0, 0.1) is 0 Å². The molecule has 0 radical (unpaired) electrons. The number of aldehydes is 1. The molecule has 1 amide bonds. The molecule has 0 bridgehead atoms. The minimum Gasteiger partial charge on any atom is -0.465 e. The topological polar surface area (TPSA) is 82.5 Å². The normalized spacial score (nSPS) is 22.3. The Kier molecular flexibility index (Phi) is 3.61. The van der Waals surface area contributed by atoms with Gasteiger partial charge in [-0.2, -0.15) is 0 Å². The van der Waals surface area contributed by atoms with Crippen LogP contribution in [0.4, 0.5) is 10.5 Å². The van der Waals surface area contributed by atoms with E-state index in [0.29, 0.717) is 35.9 Å². The summed E-state index contributed by atoms with van der Waals surface area (Å²) in [4.78, 5) is 27.6. The summed E-state index contributed by atoms with van der Waals surface area (Å²) in [6.45, 7) is 2.98. The average Bonchev–Trinajstić information content (AvgIpc) is 2.70. The van der Waals surface area contributed by atoms with E-state index in [2.05, 4.69) is 10.3 Å². The number of amides is 1. The third-order valence-electron chi connectivity index (χ3n) is 3.23. The van der Waals surface area contributed by atoms with Gasteiger partial charge in [0.05, 0.1) is 16.8 Å². The Balaban J connectivity index is 2.23. The van der Waals surface area contributed by atoms with Crippen molar-refractivity contribution in [3.8, 4) is 0 Å². The Labute approximate surface area is 115 Å². The van der Waals surface area contributed by atoms with Crippen LogP contribution in [-0.2, 0) is 0 Å². The van der Waals surface area contributed by atoms with Crippen LogP contribution < -0.4 is 10.2 Å². The highest BCUT2D eigenvalue weighted by Gasteiger charge is 2.36. The first kappa shape index (κ1) is 13.6. The minimum absolute atomic E-state index is 0.306. The van der Waals surface area contributed by atoms with Gasteiger partial charge in [-0.25, -0.2) is 9.78 Å². The van der Waals surface area contributed by atoms with Gasteiger partial charge in [0.25, 0.3) is 0 Å². The Bertz CT molecular complexity index is 523. The number of hydrogen-bond donors (Lipinski definition) is 2. The van der Waals surface area contributed by atoms with E-state index in [9.17, 15) is 9.59 Å². The van der Waals surface area contributed by atoms with Gasteiger partial charge in [0.1, 0.15) is 5.15 Å². The summed E-state index contributed by atoms with van der Waals surface area (Å²) in [5.41, 5.74) is 0.608. The van der Waals surface area contributed by atoms with Gasteiger partial charge in [0.2, 0.25) is 0 Å². The number of carbonyl (C=O) groups excluding carboxylic acids is 1. The zero-order valence-electron chi connectivity index (χ0n) is 10.4. The van der Waals surface area contributed by atoms with Crippen LogP contribution in [0.15, 0.2) is 12.3 Å². The predicted octanol–water partition coefficient (Wildman–Crippen LogP) is 1.78. The van der Waals surface area contributed by atoms with Crippen LogP contribution in [0.2, 0.25) is 5.15 Å². The monoisotopic (exact) mass is 283 g/mol. The maximum Gasteiger partial charge on any atom is 0.405 e. The van der Waals surface area contributed by atoms with Crippen LogP contribution in [-0.4, -0.2) is 41.1 Å². The fraction of sp³-hybridized carbons (Fsp3) is 0.417. The molecule has 1 fully saturated rings. The Hall–Kier alpha value is -1.82. The van der Waals surface area contributed by atoms with Crippen molar-refractivity contribution >= 4 is 29.7 Å². The van der Waals surface area contributed by atoms with E-state index < -0.39 is 11.6 Å². The number of nitrogens with one attached hydrogen (secondary N) is 1. The summed E-state index contributed by atoms with van der Waals surface area (Å²) in [7, 11) is 0. The average molecular weight is 284 g/mol. The van der Waals surface area contributed by atoms with Crippen LogP contribution in [0.25, 0.3) is 0 Å². The second-order valence-electron chi connectivity index (χ2n) is 4.85. The molecule has 19 heavy (non-hydrogen) atoms. The first-order valence-electron chi connectivity index (χ1n) is 5.80. The maximum absolute atomic E-state index is 11.0. The molecular weight excluding hydrogens is 270 g/mol. The number of pyridine rings is 1. The van der Waals surface area contributed by atoms with Crippen molar-refractivity contribution in [2.75, 3.05) is 18.0 Å². The smallest absolute Gasteiger partial charge is 0.405 e. The number of nitrogens with zero attached hydrogens (tertiary/aromatic N) is 2. The number of rotatable bonds is 3. The number of carbonyl (C=O) groups is 2. The van der Waals surface area contributed by atoms with E-state index >= 15 is 0 Å². The van der Waals surface area contributed by atoms with Crippen LogP contribution in [0.5, 0.6) is 0 Å². The maximum atomic E-state index is 11.0. The molecule has 0 aliphatic carbocycles. The first-order valence-corrected chi connectivity index (χ1v) is 6.18. The van der Waals surface area contributed by atoms with Crippen molar-refractivity contribution < 1.29 is 14.7 Å². The SMILES string of the molecule is C[C@]1(NC(=O)O)CCN(c2cc(Cl)ncc2C=O)C1. The van der Waals surface area contributed by atoms with E-state index in [1.54, 1.807) is 6.07 Å².